The zero-order valence-corrected chi connectivity index (χ0v) is 16.2. The van der Waals surface area contributed by atoms with E-state index in [9.17, 15) is 14.4 Å². The molecule has 0 saturated carbocycles. The van der Waals surface area contributed by atoms with Crippen molar-refractivity contribution in [3.8, 4) is 0 Å². The van der Waals surface area contributed by atoms with E-state index in [0.717, 1.165) is 0 Å². The van der Waals surface area contributed by atoms with Gasteiger partial charge < -0.3 is 15.4 Å². The molecule has 8 nitrogen and oxygen atoms in total. The summed E-state index contributed by atoms with van der Waals surface area (Å²) < 4.78 is 5.29. The van der Waals surface area contributed by atoms with Gasteiger partial charge >= 0.3 is 0 Å². The van der Waals surface area contributed by atoms with Gasteiger partial charge in [0.05, 0.1) is 12.0 Å². The average Bonchev–Trinajstić information content (AvgIpc) is 2.56. The van der Waals surface area contributed by atoms with Crippen molar-refractivity contribution in [3.05, 3.63) is 12.2 Å². The van der Waals surface area contributed by atoms with Crippen LogP contribution in [0.25, 0.3) is 0 Å². The lowest BCUT2D eigenvalue weighted by Gasteiger charge is -2.26. The summed E-state index contributed by atoms with van der Waals surface area (Å²) >= 11 is 0. The number of carbonyl (C=O) groups is 3. The smallest absolute Gasteiger partial charge is 0.256 e. The molecular formula is C17H32N4O4. The molecule has 0 rings (SSSR count). The Labute approximate surface area is 150 Å². The van der Waals surface area contributed by atoms with Crippen LogP contribution >= 0.6 is 0 Å². The number of hydrogen-bond acceptors (Lipinski definition) is 5. The predicted octanol–water partition coefficient (Wildman–Crippen LogP) is 0.110. The van der Waals surface area contributed by atoms with Gasteiger partial charge in [-0.3, -0.25) is 19.8 Å². The number of methoxy groups -OCH3 is 1. The van der Waals surface area contributed by atoms with Gasteiger partial charge in [-0.25, -0.2) is 5.43 Å². The molecule has 0 saturated heterocycles. The van der Waals surface area contributed by atoms with Crippen molar-refractivity contribution < 1.29 is 19.1 Å². The molecule has 0 aliphatic carbocycles. The van der Waals surface area contributed by atoms with Crippen molar-refractivity contribution in [1.29, 1.82) is 0 Å². The fraction of sp³-hybridized carbons (Fsp3) is 0.706. The van der Waals surface area contributed by atoms with Crippen LogP contribution < -0.4 is 21.5 Å². The standard InChI is InChI=1S/C17H32N4O4/c1-8-9-13(25-7)11(4)15(22)20-14(10(2)3)17(24)19-12(5)16(23)21-18-6/h8-14,18H,1-7H3,(H,19,24)(H,20,22)(H,21,23)/b9-8+. The van der Waals surface area contributed by atoms with E-state index in [1.165, 1.54) is 7.11 Å². The summed E-state index contributed by atoms with van der Waals surface area (Å²) in [4.78, 5) is 36.6. The van der Waals surface area contributed by atoms with Gasteiger partial charge in [-0.1, -0.05) is 32.9 Å². The molecule has 0 heterocycles. The molecule has 144 valence electrons. The quantitative estimate of drug-likeness (QED) is 0.328. The molecule has 4 unspecified atom stereocenters. The lowest BCUT2D eigenvalue weighted by atomic mass is 9.99. The summed E-state index contributed by atoms with van der Waals surface area (Å²) in [6, 6.07) is -1.48. The monoisotopic (exact) mass is 356 g/mol. The molecule has 0 aromatic carbocycles. The molecule has 4 atom stereocenters. The van der Waals surface area contributed by atoms with Crippen molar-refractivity contribution in [1.82, 2.24) is 21.5 Å². The molecule has 8 heteroatoms. The molecule has 0 bridgehead atoms. The SMILES string of the molecule is C/C=C/C(OC)C(C)C(=O)NC(C(=O)NC(C)C(=O)NNC)C(C)C. The van der Waals surface area contributed by atoms with Gasteiger partial charge in [0.2, 0.25) is 11.8 Å². The van der Waals surface area contributed by atoms with Crippen molar-refractivity contribution in [2.75, 3.05) is 14.2 Å². The van der Waals surface area contributed by atoms with E-state index in [2.05, 4.69) is 21.5 Å². The topological polar surface area (TPSA) is 109 Å². The number of hydrazine groups is 1. The van der Waals surface area contributed by atoms with E-state index >= 15 is 0 Å². The van der Waals surface area contributed by atoms with Gasteiger partial charge in [0.1, 0.15) is 12.1 Å². The van der Waals surface area contributed by atoms with Crippen LogP contribution in [0.15, 0.2) is 12.2 Å². The predicted molar refractivity (Wildman–Crippen MR) is 96.4 cm³/mol. The fourth-order valence-corrected chi connectivity index (χ4v) is 2.21. The lowest BCUT2D eigenvalue weighted by molar-refractivity contribution is -0.135. The second kappa shape index (κ2) is 11.6. The Morgan fingerprint density at radius 1 is 0.960 bits per heavy atom. The summed E-state index contributed by atoms with van der Waals surface area (Å²) in [7, 11) is 3.09. The van der Waals surface area contributed by atoms with E-state index in [1.807, 2.05) is 26.8 Å². The average molecular weight is 356 g/mol. The van der Waals surface area contributed by atoms with Gasteiger partial charge in [0.15, 0.2) is 0 Å². The van der Waals surface area contributed by atoms with Crippen LogP contribution in [-0.2, 0) is 19.1 Å². The van der Waals surface area contributed by atoms with Crippen molar-refractivity contribution in [2.45, 2.75) is 52.8 Å². The highest BCUT2D eigenvalue weighted by Gasteiger charge is 2.30. The zero-order valence-electron chi connectivity index (χ0n) is 16.2. The Kier molecular flexibility index (Phi) is 10.7. The summed E-state index contributed by atoms with van der Waals surface area (Å²) in [6.45, 7) is 8.81. The van der Waals surface area contributed by atoms with Gasteiger partial charge in [0, 0.05) is 14.2 Å². The molecule has 25 heavy (non-hydrogen) atoms. The summed E-state index contributed by atoms with van der Waals surface area (Å²) in [6.07, 6.45) is 3.23. The summed E-state index contributed by atoms with van der Waals surface area (Å²) in [5, 5.41) is 5.36. The second-order valence-electron chi connectivity index (χ2n) is 6.21. The van der Waals surface area contributed by atoms with Crippen LogP contribution in [0.4, 0.5) is 0 Å². The van der Waals surface area contributed by atoms with Gasteiger partial charge in [-0.2, -0.15) is 0 Å². The van der Waals surface area contributed by atoms with E-state index in [4.69, 9.17) is 4.74 Å². The molecule has 0 spiro atoms. The third-order valence-corrected chi connectivity index (χ3v) is 3.81. The number of amides is 3. The number of nitrogens with one attached hydrogen (secondary N) is 4. The number of hydrogen-bond donors (Lipinski definition) is 4. The first-order chi connectivity index (χ1) is 11.7. The lowest BCUT2D eigenvalue weighted by Crippen LogP contribution is -2.56. The molecular weight excluding hydrogens is 324 g/mol. The van der Waals surface area contributed by atoms with Crippen LogP contribution in [-0.4, -0.2) is 50.1 Å². The highest BCUT2D eigenvalue weighted by molar-refractivity contribution is 5.92. The minimum Gasteiger partial charge on any atom is -0.377 e. The highest BCUT2D eigenvalue weighted by Crippen LogP contribution is 2.11. The normalized spacial score (nSPS) is 16.2. The molecule has 0 aliphatic heterocycles. The number of ether oxygens (including phenoxy) is 1. The highest BCUT2D eigenvalue weighted by atomic mass is 16.5. The van der Waals surface area contributed by atoms with Crippen molar-refractivity contribution >= 4 is 17.7 Å². The minimum atomic E-state index is -0.747. The van der Waals surface area contributed by atoms with Gasteiger partial charge in [-0.15, -0.1) is 0 Å². The maximum absolute atomic E-state index is 12.5. The first-order valence-corrected chi connectivity index (χ1v) is 8.42. The largest absolute Gasteiger partial charge is 0.377 e. The first kappa shape index (κ1) is 23.1. The Morgan fingerprint density at radius 3 is 2.00 bits per heavy atom. The second-order valence-corrected chi connectivity index (χ2v) is 6.21. The Balaban J connectivity index is 4.97. The molecule has 0 aromatic heterocycles. The van der Waals surface area contributed by atoms with Crippen LogP contribution in [0, 0.1) is 11.8 Å². The van der Waals surface area contributed by atoms with E-state index in [-0.39, 0.29) is 23.8 Å². The molecule has 0 aliphatic rings. The number of rotatable bonds is 10. The van der Waals surface area contributed by atoms with Crippen LogP contribution in [0.5, 0.6) is 0 Å². The molecule has 4 N–H and O–H groups in total. The zero-order chi connectivity index (χ0) is 19.6. The number of carbonyl (C=O) groups excluding carboxylic acids is 3. The Bertz CT molecular complexity index is 479. The van der Waals surface area contributed by atoms with Crippen LogP contribution in [0.3, 0.4) is 0 Å². The Hall–Kier alpha value is -1.93. The van der Waals surface area contributed by atoms with Gasteiger partial charge in [-0.05, 0) is 19.8 Å². The van der Waals surface area contributed by atoms with Crippen molar-refractivity contribution in [3.63, 3.8) is 0 Å². The third-order valence-electron chi connectivity index (χ3n) is 3.81. The maximum Gasteiger partial charge on any atom is 0.256 e. The van der Waals surface area contributed by atoms with E-state index in [0.29, 0.717) is 0 Å². The summed E-state index contributed by atoms with van der Waals surface area (Å²) in [5.74, 6) is -1.66. The fourth-order valence-electron chi connectivity index (χ4n) is 2.21. The van der Waals surface area contributed by atoms with Gasteiger partial charge in [0.25, 0.3) is 5.91 Å². The Morgan fingerprint density at radius 2 is 1.56 bits per heavy atom. The third kappa shape index (κ3) is 7.66. The van der Waals surface area contributed by atoms with Crippen LogP contribution in [0.2, 0.25) is 0 Å². The van der Waals surface area contributed by atoms with E-state index < -0.39 is 23.9 Å². The summed E-state index contributed by atoms with van der Waals surface area (Å²) in [5.41, 5.74) is 4.91. The minimum absolute atomic E-state index is 0.140. The maximum atomic E-state index is 12.5. The first-order valence-electron chi connectivity index (χ1n) is 8.42. The molecule has 3 amide bonds. The van der Waals surface area contributed by atoms with E-state index in [1.54, 1.807) is 27.0 Å². The number of allylic oxidation sites excluding steroid dienone is 1. The molecule has 0 aromatic rings. The molecule has 0 radical (unpaired) electrons. The van der Waals surface area contributed by atoms with Crippen LogP contribution in [0.1, 0.15) is 34.6 Å². The molecule has 0 fully saturated rings. The van der Waals surface area contributed by atoms with Crippen molar-refractivity contribution in [2.24, 2.45) is 11.8 Å².